The first kappa shape index (κ1) is 10.5. The number of ketones is 1. The molecule has 0 spiro atoms. The SMILES string of the molecule is C[C@]12CCC3=CC(=O)CC[C@@H]3[C@@H]1CC[C@H]2O. The Labute approximate surface area is 96.7 Å². The summed E-state index contributed by atoms with van der Waals surface area (Å²) >= 11 is 0. The van der Waals surface area contributed by atoms with Crippen LogP contribution in [-0.4, -0.2) is 17.0 Å². The number of hydrogen-bond acceptors (Lipinski definition) is 2. The minimum atomic E-state index is -0.114. The van der Waals surface area contributed by atoms with Crippen molar-refractivity contribution in [3.8, 4) is 0 Å². The van der Waals surface area contributed by atoms with Gasteiger partial charge in [-0.3, -0.25) is 4.79 Å². The molecule has 0 aromatic heterocycles. The van der Waals surface area contributed by atoms with Gasteiger partial charge in [0.2, 0.25) is 0 Å². The number of carbonyl (C=O) groups excluding carboxylic acids is 1. The molecule has 2 saturated carbocycles. The molecule has 2 fully saturated rings. The number of carbonyl (C=O) groups is 1. The fourth-order valence-electron chi connectivity index (χ4n) is 4.26. The Bertz CT molecular complexity index is 358. The molecule has 16 heavy (non-hydrogen) atoms. The van der Waals surface area contributed by atoms with E-state index >= 15 is 0 Å². The summed E-state index contributed by atoms with van der Waals surface area (Å²) in [5.74, 6) is 1.53. The van der Waals surface area contributed by atoms with Crippen LogP contribution in [0.1, 0.15) is 45.4 Å². The minimum absolute atomic E-state index is 0.114. The zero-order chi connectivity index (χ0) is 11.3. The normalized spacial score (nSPS) is 47.2. The van der Waals surface area contributed by atoms with Crippen molar-refractivity contribution < 1.29 is 9.90 Å². The van der Waals surface area contributed by atoms with Gasteiger partial charge in [-0.1, -0.05) is 12.5 Å². The molecule has 3 rings (SSSR count). The zero-order valence-corrected chi connectivity index (χ0v) is 9.91. The first-order chi connectivity index (χ1) is 7.61. The second-order valence-corrected chi connectivity index (χ2v) is 6.04. The number of allylic oxidation sites excluding steroid dienone is 2. The number of aliphatic hydroxyl groups excluding tert-OH is 1. The van der Waals surface area contributed by atoms with Gasteiger partial charge < -0.3 is 5.11 Å². The Morgan fingerprint density at radius 2 is 2.12 bits per heavy atom. The van der Waals surface area contributed by atoms with E-state index in [0.29, 0.717) is 17.6 Å². The lowest BCUT2D eigenvalue weighted by Gasteiger charge is -2.46. The Balaban J connectivity index is 1.93. The fourth-order valence-corrected chi connectivity index (χ4v) is 4.26. The smallest absolute Gasteiger partial charge is 0.155 e. The van der Waals surface area contributed by atoms with Crippen LogP contribution in [0, 0.1) is 17.3 Å². The van der Waals surface area contributed by atoms with Crippen LogP contribution in [0.5, 0.6) is 0 Å². The van der Waals surface area contributed by atoms with Gasteiger partial charge in [0.1, 0.15) is 0 Å². The van der Waals surface area contributed by atoms with E-state index in [0.717, 1.165) is 38.5 Å². The Hall–Kier alpha value is -0.630. The van der Waals surface area contributed by atoms with E-state index in [-0.39, 0.29) is 11.5 Å². The van der Waals surface area contributed by atoms with Gasteiger partial charge in [0.15, 0.2) is 5.78 Å². The molecule has 3 aliphatic rings. The van der Waals surface area contributed by atoms with Gasteiger partial charge in [0, 0.05) is 6.42 Å². The third kappa shape index (κ3) is 1.32. The van der Waals surface area contributed by atoms with Crippen LogP contribution in [0.3, 0.4) is 0 Å². The average Bonchev–Trinajstić information content (AvgIpc) is 2.56. The molecule has 0 aromatic rings. The summed E-state index contributed by atoms with van der Waals surface area (Å²) in [4.78, 5) is 11.4. The number of aliphatic hydroxyl groups is 1. The number of rotatable bonds is 0. The van der Waals surface area contributed by atoms with Gasteiger partial charge in [0.25, 0.3) is 0 Å². The predicted octanol–water partition coefficient (Wildman–Crippen LogP) is 2.46. The highest BCUT2D eigenvalue weighted by Gasteiger charge is 2.52. The molecule has 88 valence electrons. The lowest BCUT2D eigenvalue weighted by atomic mass is 9.59. The summed E-state index contributed by atoms with van der Waals surface area (Å²) in [7, 11) is 0. The standard InChI is InChI=1S/C14H20O2/c1-14-7-6-9-8-10(15)2-3-11(9)12(14)4-5-13(14)16/h8,11-13,16H,2-7H2,1H3/t11-,12-,13+,14-/m0/s1. The molecule has 2 heteroatoms. The fraction of sp³-hybridized carbons (Fsp3) is 0.786. The largest absolute Gasteiger partial charge is 0.393 e. The van der Waals surface area contributed by atoms with E-state index in [1.165, 1.54) is 5.57 Å². The molecule has 3 aliphatic carbocycles. The predicted molar refractivity (Wildman–Crippen MR) is 61.9 cm³/mol. The van der Waals surface area contributed by atoms with E-state index in [1.54, 1.807) is 0 Å². The monoisotopic (exact) mass is 220 g/mol. The summed E-state index contributed by atoms with van der Waals surface area (Å²) in [5.41, 5.74) is 1.51. The molecule has 0 unspecified atom stereocenters. The van der Waals surface area contributed by atoms with Crippen LogP contribution in [0.15, 0.2) is 11.6 Å². The summed E-state index contributed by atoms with van der Waals surface area (Å²) in [6.45, 7) is 2.25. The highest BCUT2D eigenvalue weighted by Crippen LogP contribution is 2.57. The van der Waals surface area contributed by atoms with E-state index < -0.39 is 0 Å². The molecule has 0 radical (unpaired) electrons. The van der Waals surface area contributed by atoms with Gasteiger partial charge in [-0.2, -0.15) is 0 Å². The van der Waals surface area contributed by atoms with Gasteiger partial charge in [0.05, 0.1) is 6.10 Å². The Morgan fingerprint density at radius 1 is 1.31 bits per heavy atom. The topological polar surface area (TPSA) is 37.3 Å². The average molecular weight is 220 g/mol. The molecule has 0 bridgehead atoms. The van der Waals surface area contributed by atoms with Crippen molar-refractivity contribution in [1.29, 1.82) is 0 Å². The molecular formula is C14H20O2. The summed E-state index contributed by atoms with van der Waals surface area (Å²) in [6.07, 6.45) is 7.73. The van der Waals surface area contributed by atoms with Crippen molar-refractivity contribution in [2.24, 2.45) is 17.3 Å². The van der Waals surface area contributed by atoms with Crippen LogP contribution < -0.4 is 0 Å². The van der Waals surface area contributed by atoms with Crippen molar-refractivity contribution in [2.45, 2.75) is 51.6 Å². The summed E-state index contributed by atoms with van der Waals surface area (Å²) < 4.78 is 0. The second kappa shape index (κ2) is 3.43. The summed E-state index contributed by atoms with van der Waals surface area (Å²) in [6, 6.07) is 0. The molecule has 0 heterocycles. The third-order valence-corrected chi connectivity index (χ3v) is 5.32. The van der Waals surface area contributed by atoms with Gasteiger partial charge in [-0.15, -0.1) is 0 Å². The van der Waals surface area contributed by atoms with Crippen molar-refractivity contribution in [3.05, 3.63) is 11.6 Å². The third-order valence-electron chi connectivity index (χ3n) is 5.32. The van der Waals surface area contributed by atoms with Crippen molar-refractivity contribution in [3.63, 3.8) is 0 Å². The molecule has 4 atom stereocenters. The molecule has 0 amide bonds. The molecule has 0 saturated heterocycles. The molecular weight excluding hydrogens is 200 g/mol. The zero-order valence-electron chi connectivity index (χ0n) is 9.91. The van der Waals surface area contributed by atoms with Crippen molar-refractivity contribution >= 4 is 5.78 Å². The van der Waals surface area contributed by atoms with Crippen LogP contribution in [0.25, 0.3) is 0 Å². The summed E-state index contributed by atoms with van der Waals surface area (Å²) in [5, 5.41) is 10.1. The molecule has 1 N–H and O–H groups in total. The van der Waals surface area contributed by atoms with Crippen LogP contribution in [0.2, 0.25) is 0 Å². The lowest BCUT2D eigenvalue weighted by Crippen LogP contribution is -2.41. The van der Waals surface area contributed by atoms with Crippen LogP contribution in [0.4, 0.5) is 0 Å². The first-order valence-electron chi connectivity index (χ1n) is 6.52. The molecule has 0 aromatic carbocycles. The van der Waals surface area contributed by atoms with Crippen molar-refractivity contribution in [2.75, 3.05) is 0 Å². The highest BCUT2D eigenvalue weighted by molar-refractivity contribution is 5.91. The van der Waals surface area contributed by atoms with E-state index in [1.807, 2.05) is 6.08 Å². The Kier molecular flexibility index (Phi) is 2.25. The minimum Gasteiger partial charge on any atom is -0.393 e. The van der Waals surface area contributed by atoms with Gasteiger partial charge >= 0.3 is 0 Å². The van der Waals surface area contributed by atoms with E-state index in [2.05, 4.69) is 6.92 Å². The van der Waals surface area contributed by atoms with Crippen LogP contribution >= 0.6 is 0 Å². The Morgan fingerprint density at radius 3 is 2.94 bits per heavy atom. The number of hydrogen-bond donors (Lipinski definition) is 1. The highest BCUT2D eigenvalue weighted by atomic mass is 16.3. The first-order valence-corrected chi connectivity index (χ1v) is 6.52. The molecule has 0 aliphatic heterocycles. The van der Waals surface area contributed by atoms with E-state index in [4.69, 9.17) is 0 Å². The lowest BCUT2D eigenvalue weighted by molar-refractivity contribution is -0.115. The van der Waals surface area contributed by atoms with Crippen molar-refractivity contribution in [1.82, 2.24) is 0 Å². The maximum absolute atomic E-state index is 11.4. The molecule has 2 nitrogen and oxygen atoms in total. The van der Waals surface area contributed by atoms with Gasteiger partial charge in [-0.25, -0.2) is 0 Å². The maximum atomic E-state index is 11.4. The van der Waals surface area contributed by atoms with Gasteiger partial charge in [-0.05, 0) is 55.4 Å². The van der Waals surface area contributed by atoms with E-state index in [9.17, 15) is 9.90 Å². The maximum Gasteiger partial charge on any atom is 0.155 e. The quantitative estimate of drug-likeness (QED) is 0.681. The number of fused-ring (bicyclic) bond motifs is 3. The second-order valence-electron chi connectivity index (χ2n) is 6.04. The van der Waals surface area contributed by atoms with Crippen LogP contribution in [-0.2, 0) is 4.79 Å².